The summed E-state index contributed by atoms with van der Waals surface area (Å²) in [5, 5.41) is 0. The molecule has 0 bridgehead atoms. The molecule has 1 N–H and O–H groups in total. The Hall–Kier alpha value is -1.61. The summed E-state index contributed by atoms with van der Waals surface area (Å²) < 4.78 is 70.7. The van der Waals surface area contributed by atoms with E-state index in [0.717, 1.165) is 13.2 Å². The van der Waals surface area contributed by atoms with Gasteiger partial charge in [-0.05, 0) is 31.0 Å². The van der Waals surface area contributed by atoms with Crippen molar-refractivity contribution in [2.75, 3.05) is 7.11 Å². The highest BCUT2D eigenvalue weighted by molar-refractivity contribution is 7.89. The van der Waals surface area contributed by atoms with Crippen molar-refractivity contribution in [1.29, 1.82) is 0 Å². The molecule has 0 saturated heterocycles. The van der Waals surface area contributed by atoms with Crippen LogP contribution in [0.15, 0.2) is 29.2 Å². The second-order valence-electron chi connectivity index (χ2n) is 5.68. The molecule has 1 aromatic rings. The summed E-state index contributed by atoms with van der Waals surface area (Å²) >= 11 is 0. The van der Waals surface area contributed by atoms with E-state index in [4.69, 9.17) is 0 Å². The van der Waals surface area contributed by atoms with Gasteiger partial charge in [-0.1, -0.05) is 18.9 Å². The van der Waals surface area contributed by atoms with Crippen molar-refractivity contribution in [1.82, 2.24) is 4.72 Å². The van der Waals surface area contributed by atoms with Gasteiger partial charge in [0.05, 0.1) is 23.5 Å². The van der Waals surface area contributed by atoms with Crippen LogP contribution in [0.4, 0.5) is 13.2 Å². The number of halogens is 3. The highest BCUT2D eigenvalue weighted by Crippen LogP contribution is 2.38. The topological polar surface area (TPSA) is 72.5 Å². The fourth-order valence-corrected chi connectivity index (χ4v) is 4.20. The molecule has 1 aliphatic carbocycles. The lowest BCUT2D eigenvalue weighted by atomic mass is 9.85. The number of rotatable bonds is 4. The number of esters is 1. The maximum atomic E-state index is 13.1. The first-order chi connectivity index (χ1) is 11.1. The lowest BCUT2D eigenvalue weighted by Gasteiger charge is -2.33. The van der Waals surface area contributed by atoms with E-state index in [9.17, 15) is 26.4 Å². The molecule has 24 heavy (non-hydrogen) atoms. The molecule has 0 aromatic heterocycles. The maximum Gasteiger partial charge on any atom is 0.393 e. The molecule has 0 spiro atoms. The molecule has 0 unspecified atom stereocenters. The number of hydrogen-bond donors (Lipinski definition) is 1. The van der Waals surface area contributed by atoms with Crippen LogP contribution in [0.2, 0.25) is 0 Å². The van der Waals surface area contributed by atoms with Gasteiger partial charge in [-0.15, -0.1) is 0 Å². The highest BCUT2D eigenvalue weighted by atomic mass is 32.2. The van der Waals surface area contributed by atoms with Crippen molar-refractivity contribution in [2.45, 2.75) is 42.8 Å². The molecule has 0 aliphatic heterocycles. The van der Waals surface area contributed by atoms with Crippen molar-refractivity contribution in [3.05, 3.63) is 29.8 Å². The standard InChI is InChI=1S/C15H18F3NO4S/c1-23-14(20)10-5-4-6-11(9-10)24(21,22)19-13-8-3-2-7-12(13)15(16,17)18/h4-6,9,12-13,19H,2-3,7-8H2,1H3/t12-,13-/m1/s1. The van der Waals surface area contributed by atoms with E-state index in [0.29, 0.717) is 12.8 Å². The molecule has 0 heterocycles. The summed E-state index contributed by atoms with van der Waals surface area (Å²) in [6.45, 7) is 0. The Morgan fingerprint density at radius 1 is 1.25 bits per heavy atom. The Balaban J connectivity index is 2.26. The van der Waals surface area contributed by atoms with E-state index in [2.05, 4.69) is 9.46 Å². The number of methoxy groups -OCH3 is 1. The Bertz CT molecular complexity index is 703. The number of nitrogens with one attached hydrogen (secondary N) is 1. The molecule has 1 aromatic carbocycles. The molecule has 134 valence electrons. The van der Waals surface area contributed by atoms with Crippen LogP contribution in [0.3, 0.4) is 0 Å². The third kappa shape index (κ3) is 4.27. The van der Waals surface area contributed by atoms with Crippen LogP contribution in [-0.2, 0) is 14.8 Å². The van der Waals surface area contributed by atoms with Gasteiger partial charge in [0.15, 0.2) is 0 Å². The van der Waals surface area contributed by atoms with Crippen LogP contribution in [0.5, 0.6) is 0 Å². The molecule has 1 aliphatic rings. The maximum absolute atomic E-state index is 13.1. The molecule has 9 heteroatoms. The predicted molar refractivity (Wildman–Crippen MR) is 79.9 cm³/mol. The van der Waals surface area contributed by atoms with Crippen LogP contribution >= 0.6 is 0 Å². The van der Waals surface area contributed by atoms with E-state index >= 15 is 0 Å². The van der Waals surface area contributed by atoms with Crippen molar-refractivity contribution in [3.63, 3.8) is 0 Å². The van der Waals surface area contributed by atoms with Gasteiger partial charge in [-0.3, -0.25) is 0 Å². The fraction of sp³-hybridized carbons (Fsp3) is 0.533. The zero-order valence-electron chi connectivity index (χ0n) is 13.0. The molecule has 1 saturated carbocycles. The smallest absolute Gasteiger partial charge is 0.393 e. The number of hydrogen-bond acceptors (Lipinski definition) is 4. The van der Waals surface area contributed by atoms with Gasteiger partial charge in [-0.2, -0.15) is 13.2 Å². The van der Waals surface area contributed by atoms with Gasteiger partial charge in [0, 0.05) is 6.04 Å². The van der Waals surface area contributed by atoms with E-state index in [1.807, 2.05) is 0 Å². The normalized spacial score (nSPS) is 22.2. The first-order valence-corrected chi connectivity index (χ1v) is 8.91. The van der Waals surface area contributed by atoms with E-state index in [1.54, 1.807) is 0 Å². The van der Waals surface area contributed by atoms with E-state index in [-0.39, 0.29) is 23.3 Å². The minimum atomic E-state index is -4.46. The zero-order valence-corrected chi connectivity index (χ0v) is 13.8. The second kappa shape index (κ2) is 7.10. The Morgan fingerprint density at radius 2 is 1.92 bits per heavy atom. The lowest BCUT2D eigenvalue weighted by Crippen LogP contribution is -2.47. The molecule has 1 fully saturated rings. The Labute approximate surface area is 138 Å². The first-order valence-electron chi connectivity index (χ1n) is 7.42. The highest BCUT2D eigenvalue weighted by Gasteiger charge is 2.46. The average molecular weight is 365 g/mol. The zero-order chi connectivity index (χ0) is 18.0. The number of ether oxygens (including phenoxy) is 1. The molecule has 5 nitrogen and oxygen atoms in total. The monoisotopic (exact) mass is 365 g/mol. The summed E-state index contributed by atoms with van der Waals surface area (Å²) in [5.41, 5.74) is 0.0105. The van der Waals surface area contributed by atoms with Crippen LogP contribution in [0, 0.1) is 5.92 Å². The van der Waals surface area contributed by atoms with Crippen LogP contribution < -0.4 is 4.72 Å². The second-order valence-corrected chi connectivity index (χ2v) is 7.39. The summed E-state index contributed by atoms with van der Waals surface area (Å²) in [5.74, 6) is -2.43. The van der Waals surface area contributed by atoms with Crippen molar-refractivity contribution in [3.8, 4) is 0 Å². The van der Waals surface area contributed by atoms with Gasteiger partial charge < -0.3 is 4.74 Å². The third-order valence-electron chi connectivity index (χ3n) is 4.06. The van der Waals surface area contributed by atoms with Gasteiger partial charge in [0.1, 0.15) is 0 Å². The number of sulfonamides is 1. The van der Waals surface area contributed by atoms with Crippen LogP contribution in [0.25, 0.3) is 0 Å². The number of alkyl halides is 3. The van der Waals surface area contributed by atoms with Crippen molar-refractivity contribution < 1.29 is 31.1 Å². The number of carbonyl (C=O) groups is 1. The molecule has 2 rings (SSSR count). The van der Waals surface area contributed by atoms with Gasteiger partial charge >= 0.3 is 12.1 Å². The van der Waals surface area contributed by atoms with Crippen LogP contribution in [-0.4, -0.2) is 33.7 Å². The van der Waals surface area contributed by atoms with Gasteiger partial charge in [0.2, 0.25) is 10.0 Å². The van der Waals surface area contributed by atoms with Crippen molar-refractivity contribution >= 4 is 16.0 Å². The Morgan fingerprint density at radius 3 is 2.54 bits per heavy atom. The number of benzene rings is 1. The predicted octanol–water partition coefficient (Wildman–Crippen LogP) is 2.87. The minimum absolute atomic E-state index is 0.0105. The summed E-state index contributed by atoms with van der Waals surface area (Å²) in [6.07, 6.45) is -3.48. The minimum Gasteiger partial charge on any atom is -0.465 e. The summed E-state index contributed by atoms with van der Waals surface area (Å²) in [6, 6.07) is 3.80. The van der Waals surface area contributed by atoms with Gasteiger partial charge in [-0.25, -0.2) is 17.9 Å². The molecule has 0 amide bonds. The Kier molecular flexibility index (Phi) is 5.54. The quantitative estimate of drug-likeness (QED) is 0.833. The van der Waals surface area contributed by atoms with Gasteiger partial charge in [0.25, 0.3) is 0 Å². The van der Waals surface area contributed by atoms with E-state index < -0.39 is 34.1 Å². The van der Waals surface area contributed by atoms with Crippen LogP contribution in [0.1, 0.15) is 36.0 Å². The SMILES string of the molecule is COC(=O)c1cccc(S(=O)(=O)N[C@@H]2CCCC[C@H]2C(F)(F)F)c1. The summed E-state index contributed by atoms with van der Waals surface area (Å²) in [7, 11) is -3.02. The molecule has 2 atom stereocenters. The fourth-order valence-electron chi connectivity index (χ4n) is 2.84. The largest absolute Gasteiger partial charge is 0.465 e. The molecular formula is C15H18F3NO4S. The molecule has 0 radical (unpaired) electrons. The third-order valence-corrected chi connectivity index (χ3v) is 5.55. The summed E-state index contributed by atoms with van der Waals surface area (Å²) in [4.78, 5) is 11.2. The van der Waals surface area contributed by atoms with Crippen molar-refractivity contribution in [2.24, 2.45) is 5.92 Å². The lowest BCUT2D eigenvalue weighted by molar-refractivity contribution is -0.187. The number of carbonyl (C=O) groups excluding carboxylic acids is 1. The first kappa shape index (κ1) is 18.7. The average Bonchev–Trinajstić information content (AvgIpc) is 2.53. The van der Waals surface area contributed by atoms with E-state index in [1.165, 1.54) is 18.2 Å². The molecular weight excluding hydrogens is 347 g/mol.